The van der Waals surface area contributed by atoms with Gasteiger partial charge in [0.05, 0.1) is 4.75 Å². The van der Waals surface area contributed by atoms with E-state index in [0.29, 0.717) is 0 Å². The first-order chi connectivity index (χ1) is 10.3. The van der Waals surface area contributed by atoms with Gasteiger partial charge in [-0.3, -0.25) is 0 Å². The standard InChI is InChI=1S/C18H21NO2S/c1-14-7-5-9-16(11-14)21-17-10-6-8-15(12-17)13-19-22(20)18(2,3)4/h5-13H,1-4H3. The zero-order chi connectivity index (χ0) is 16.2. The van der Waals surface area contributed by atoms with Crippen LogP contribution in [0.25, 0.3) is 0 Å². The van der Waals surface area contributed by atoms with Crippen molar-refractivity contribution in [1.82, 2.24) is 0 Å². The van der Waals surface area contributed by atoms with E-state index in [2.05, 4.69) is 4.40 Å². The molecule has 2 rings (SSSR count). The summed E-state index contributed by atoms with van der Waals surface area (Å²) >= 11 is 0. The Morgan fingerprint density at radius 1 is 1.05 bits per heavy atom. The molecule has 22 heavy (non-hydrogen) atoms. The average Bonchev–Trinajstić information content (AvgIpc) is 2.44. The molecule has 3 nitrogen and oxygen atoms in total. The summed E-state index contributed by atoms with van der Waals surface area (Å²) in [7, 11) is -1.26. The van der Waals surface area contributed by atoms with Crippen LogP contribution >= 0.6 is 0 Å². The van der Waals surface area contributed by atoms with E-state index in [4.69, 9.17) is 4.74 Å². The number of aryl methyl sites for hydroxylation is 1. The summed E-state index contributed by atoms with van der Waals surface area (Å²) in [6.07, 6.45) is 1.63. The largest absolute Gasteiger partial charge is 0.457 e. The third-order valence-electron chi connectivity index (χ3n) is 2.90. The Labute approximate surface area is 134 Å². The highest BCUT2D eigenvalue weighted by atomic mass is 32.2. The molecular formula is C18H21NO2S. The van der Waals surface area contributed by atoms with Crippen molar-refractivity contribution in [3.63, 3.8) is 0 Å². The van der Waals surface area contributed by atoms with Crippen LogP contribution in [0.1, 0.15) is 31.9 Å². The first kappa shape index (κ1) is 16.4. The smallest absolute Gasteiger partial charge is 0.144 e. The molecule has 2 aromatic rings. The molecule has 0 aliphatic carbocycles. The summed E-state index contributed by atoms with van der Waals surface area (Å²) < 4.78 is 21.5. The van der Waals surface area contributed by atoms with Gasteiger partial charge < -0.3 is 4.74 Å². The van der Waals surface area contributed by atoms with Crippen LogP contribution in [0.15, 0.2) is 52.9 Å². The second-order valence-electron chi connectivity index (χ2n) is 6.09. The van der Waals surface area contributed by atoms with Gasteiger partial charge in [0.15, 0.2) is 0 Å². The molecule has 4 heteroatoms. The van der Waals surface area contributed by atoms with Crippen molar-refractivity contribution < 1.29 is 8.95 Å². The molecule has 0 saturated carbocycles. The molecule has 0 N–H and O–H groups in total. The fourth-order valence-electron chi connectivity index (χ4n) is 1.74. The molecule has 2 aromatic carbocycles. The predicted molar refractivity (Wildman–Crippen MR) is 93.2 cm³/mol. The zero-order valence-electron chi connectivity index (χ0n) is 13.4. The second-order valence-corrected chi connectivity index (χ2v) is 8.02. The third-order valence-corrected chi connectivity index (χ3v) is 4.25. The van der Waals surface area contributed by atoms with E-state index in [1.165, 1.54) is 0 Å². The van der Waals surface area contributed by atoms with Crippen molar-refractivity contribution in [2.45, 2.75) is 32.4 Å². The molecule has 0 heterocycles. The zero-order valence-corrected chi connectivity index (χ0v) is 14.2. The van der Waals surface area contributed by atoms with E-state index in [1.807, 2.05) is 76.2 Å². The van der Waals surface area contributed by atoms with Crippen molar-refractivity contribution in [2.24, 2.45) is 4.40 Å². The Morgan fingerprint density at radius 2 is 1.68 bits per heavy atom. The Kier molecular flexibility index (Phi) is 5.14. The van der Waals surface area contributed by atoms with Crippen molar-refractivity contribution in [1.29, 1.82) is 0 Å². The fourth-order valence-corrected chi connectivity index (χ4v) is 2.27. The molecule has 0 saturated heterocycles. The first-order valence-electron chi connectivity index (χ1n) is 7.15. The fraction of sp³-hybridized carbons (Fsp3) is 0.278. The maximum atomic E-state index is 11.9. The Morgan fingerprint density at radius 3 is 2.32 bits per heavy atom. The minimum Gasteiger partial charge on any atom is -0.457 e. The Hall–Kier alpha value is -1.94. The lowest BCUT2D eigenvalue weighted by molar-refractivity contribution is 0.482. The van der Waals surface area contributed by atoms with Crippen molar-refractivity contribution in [3.05, 3.63) is 59.7 Å². The minimum atomic E-state index is -1.26. The van der Waals surface area contributed by atoms with E-state index in [9.17, 15) is 4.21 Å². The molecule has 0 radical (unpaired) electrons. The van der Waals surface area contributed by atoms with Crippen LogP contribution in [0.4, 0.5) is 0 Å². The number of nitrogens with zero attached hydrogens (tertiary/aromatic N) is 1. The molecule has 1 atom stereocenters. The quantitative estimate of drug-likeness (QED) is 0.769. The van der Waals surface area contributed by atoms with Crippen LogP contribution < -0.4 is 4.74 Å². The molecule has 0 aliphatic rings. The molecule has 116 valence electrons. The van der Waals surface area contributed by atoms with Gasteiger partial charge in [0.2, 0.25) is 0 Å². The van der Waals surface area contributed by atoms with E-state index in [1.54, 1.807) is 6.21 Å². The maximum Gasteiger partial charge on any atom is 0.144 e. The van der Waals surface area contributed by atoms with Crippen LogP contribution in [0.5, 0.6) is 11.5 Å². The number of benzene rings is 2. The van der Waals surface area contributed by atoms with Gasteiger partial charge >= 0.3 is 0 Å². The maximum absolute atomic E-state index is 11.9. The number of hydrogen-bond donors (Lipinski definition) is 0. The monoisotopic (exact) mass is 315 g/mol. The van der Waals surface area contributed by atoms with Gasteiger partial charge in [-0.15, -0.1) is 0 Å². The number of ether oxygens (including phenoxy) is 1. The molecular weight excluding hydrogens is 294 g/mol. The first-order valence-corrected chi connectivity index (χ1v) is 8.26. The summed E-state index contributed by atoms with van der Waals surface area (Å²) in [6.45, 7) is 7.73. The number of rotatable bonds is 4. The normalized spacial score (nSPS) is 13.3. The molecule has 0 amide bonds. The van der Waals surface area contributed by atoms with Crippen LogP contribution in [0, 0.1) is 6.92 Å². The molecule has 0 spiro atoms. The van der Waals surface area contributed by atoms with Gasteiger partial charge in [0.25, 0.3) is 0 Å². The Bertz CT molecular complexity index is 702. The summed E-state index contributed by atoms with van der Waals surface area (Å²) in [6, 6.07) is 15.5. The topological polar surface area (TPSA) is 38.7 Å². The number of hydrogen-bond acceptors (Lipinski definition) is 2. The summed E-state index contributed by atoms with van der Waals surface area (Å²) in [5.74, 6) is 1.53. The molecule has 0 fully saturated rings. The SMILES string of the molecule is Cc1cccc(Oc2cccc(C=NS(=O)C(C)(C)C)c2)c1. The average molecular weight is 315 g/mol. The van der Waals surface area contributed by atoms with Crippen LogP contribution in [-0.2, 0) is 11.0 Å². The molecule has 1 unspecified atom stereocenters. The van der Waals surface area contributed by atoms with Gasteiger partial charge in [0, 0.05) is 6.21 Å². The summed E-state index contributed by atoms with van der Waals surface area (Å²) in [4.78, 5) is 0. The van der Waals surface area contributed by atoms with Gasteiger partial charge in [-0.1, -0.05) is 24.3 Å². The van der Waals surface area contributed by atoms with Crippen LogP contribution in [0.3, 0.4) is 0 Å². The molecule has 0 bridgehead atoms. The minimum absolute atomic E-state index is 0.355. The van der Waals surface area contributed by atoms with Crippen molar-refractivity contribution in [2.75, 3.05) is 0 Å². The van der Waals surface area contributed by atoms with E-state index in [0.717, 1.165) is 22.6 Å². The van der Waals surface area contributed by atoms with Gasteiger partial charge in [0.1, 0.15) is 22.5 Å². The third kappa shape index (κ3) is 4.81. The van der Waals surface area contributed by atoms with Gasteiger partial charge in [-0.05, 0) is 63.1 Å². The summed E-state index contributed by atoms with van der Waals surface area (Å²) in [5, 5.41) is 0. The van der Waals surface area contributed by atoms with Gasteiger partial charge in [-0.25, -0.2) is 4.21 Å². The van der Waals surface area contributed by atoms with E-state index >= 15 is 0 Å². The lowest BCUT2D eigenvalue weighted by Crippen LogP contribution is -2.19. The van der Waals surface area contributed by atoms with Crippen molar-refractivity contribution >= 4 is 17.2 Å². The highest BCUT2D eigenvalue weighted by molar-refractivity contribution is 7.85. The van der Waals surface area contributed by atoms with Crippen LogP contribution in [-0.4, -0.2) is 15.2 Å². The Balaban J connectivity index is 2.13. The van der Waals surface area contributed by atoms with E-state index < -0.39 is 11.0 Å². The summed E-state index contributed by atoms with van der Waals surface area (Å²) in [5.41, 5.74) is 2.01. The lowest BCUT2D eigenvalue weighted by atomic mass is 10.2. The molecule has 0 aromatic heterocycles. The second kappa shape index (κ2) is 6.88. The van der Waals surface area contributed by atoms with Crippen LogP contribution in [0.2, 0.25) is 0 Å². The predicted octanol–water partition coefficient (Wildman–Crippen LogP) is 4.67. The molecule has 0 aliphatic heterocycles. The van der Waals surface area contributed by atoms with E-state index in [-0.39, 0.29) is 4.75 Å². The highest BCUT2D eigenvalue weighted by Gasteiger charge is 2.18. The van der Waals surface area contributed by atoms with Gasteiger partial charge in [-0.2, -0.15) is 4.40 Å². The van der Waals surface area contributed by atoms with Crippen molar-refractivity contribution in [3.8, 4) is 11.5 Å². The highest BCUT2D eigenvalue weighted by Crippen LogP contribution is 2.22. The lowest BCUT2D eigenvalue weighted by Gasteiger charge is -2.12.